The van der Waals surface area contributed by atoms with Crippen LogP contribution in [0.1, 0.15) is 33.6 Å². The topological polar surface area (TPSA) is 15.3 Å². The molecule has 1 saturated carbocycles. The Labute approximate surface area is 89.1 Å². The van der Waals surface area contributed by atoms with Crippen LogP contribution in [0.5, 0.6) is 0 Å². The number of rotatable bonds is 7. The molecular weight excluding hydrogens is 172 g/mol. The maximum absolute atomic E-state index is 3.45. The minimum atomic E-state index is 0.628. The predicted molar refractivity (Wildman–Crippen MR) is 62.5 cm³/mol. The summed E-state index contributed by atoms with van der Waals surface area (Å²) in [4.78, 5) is 2.48. The quantitative estimate of drug-likeness (QED) is 0.629. The van der Waals surface area contributed by atoms with Gasteiger partial charge in [0.15, 0.2) is 0 Å². The standard InChI is InChI=1S/C12H26N2/c1-10(2)13-6-5-7-14(4)9-12-8-11(12)3/h10-13H,5-9H2,1-4H3. The van der Waals surface area contributed by atoms with E-state index in [4.69, 9.17) is 0 Å². The normalized spacial score (nSPS) is 26.1. The molecule has 1 aliphatic rings. The molecular formula is C12H26N2. The van der Waals surface area contributed by atoms with E-state index < -0.39 is 0 Å². The fourth-order valence-electron chi connectivity index (χ4n) is 1.88. The molecule has 2 nitrogen and oxygen atoms in total. The van der Waals surface area contributed by atoms with Gasteiger partial charge in [-0.25, -0.2) is 0 Å². The summed E-state index contributed by atoms with van der Waals surface area (Å²) in [5, 5.41) is 3.45. The Morgan fingerprint density at radius 2 is 2.07 bits per heavy atom. The number of hydrogen-bond donors (Lipinski definition) is 1. The summed E-state index contributed by atoms with van der Waals surface area (Å²) >= 11 is 0. The lowest BCUT2D eigenvalue weighted by molar-refractivity contribution is 0.307. The van der Waals surface area contributed by atoms with Crippen LogP contribution in [0.4, 0.5) is 0 Å². The number of hydrogen-bond acceptors (Lipinski definition) is 2. The smallest absolute Gasteiger partial charge is 0.00103 e. The van der Waals surface area contributed by atoms with Crippen molar-refractivity contribution in [3.8, 4) is 0 Å². The van der Waals surface area contributed by atoms with E-state index in [0.717, 1.165) is 18.4 Å². The zero-order valence-electron chi connectivity index (χ0n) is 10.2. The van der Waals surface area contributed by atoms with Crippen LogP contribution in [0.2, 0.25) is 0 Å². The van der Waals surface area contributed by atoms with E-state index in [1.807, 2.05) is 0 Å². The van der Waals surface area contributed by atoms with E-state index >= 15 is 0 Å². The van der Waals surface area contributed by atoms with Crippen molar-refractivity contribution in [1.29, 1.82) is 0 Å². The second-order valence-corrected chi connectivity index (χ2v) is 5.20. The highest BCUT2D eigenvalue weighted by Crippen LogP contribution is 2.37. The Balaban J connectivity index is 1.90. The second kappa shape index (κ2) is 5.72. The van der Waals surface area contributed by atoms with Gasteiger partial charge in [0.1, 0.15) is 0 Å². The summed E-state index contributed by atoms with van der Waals surface area (Å²) in [6.07, 6.45) is 2.73. The summed E-state index contributed by atoms with van der Waals surface area (Å²) in [5.41, 5.74) is 0. The van der Waals surface area contributed by atoms with E-state index in [1.54, 1.807) is 0 Å². The van der Waals surface area contributed by atoms with Gasteiger partial charge in [0, 0.05) is 12.6 Å². The van der Waals surface area contributed by atoms with Gasteiger partial charge in [-0.05, 0) is 44.8 Å². The van der Waals surface area contributed by atoms with Crippen molar-refractivity contribution in [2.24, 2.45) is 11.8 Å². The fourth-order valence-corrected chi connectivity index (χ4v) is 1.88. The molecule has 0 aromatic heterocycles. The second-order valence-electron chi connectivity index (χ2n) is 5.20. The summed E-state index contributed by atoms with van der Waals surface area (Å²) in [5.74, 6) is 1.99. The molecule has 0 aliphatic heterocycles. The van der Waals surface area contributed by atoms with Crippen molar-refractivity contribution in [3.63, 3.8) is 0 Å². The van der Waals surface area contributed by atoms with Crippen molar-refractivity contribution < 1.29 is 0 Å². The van der Waals surface area contributed by atoms with Gasteiger partial charge in [-0.1, -0.05) is 20.8 Å². The molecule has 1 aliphatic carbocycles. The SMILES string of the molecule is CC(C)NCCCN(C)CC1CC1C. The van der Waals surface area contributed by atoms with E-state index in [9.17, 15) is 0 Å². The predicted octanol–water partition coefficient (Wildman–Crippen LogP) is 1.96. The Hall–Kier alpha value is -0.0800. The zero-order chi connectivity index (χ0) is 10.6. The third-order valence-corrected chi connectivity index (χ3v) is 3.09. The molecule has 0 saturated heterocycles. The van der Waals surface area contributed by atoms with Crippen LogP contribution < -0.4 is 5.32 Å². The van der Waals surface area contributed by atoms with E-state index in [0.29, 0.717) is 6.04 Å². The van der Waals surface area contributed by atoms with Gasteiger partial charge in [0.05, 0.1) is 0 Å². The Morgan fingerprint density at radius 3 is 2.57 bits per heavy atom. The first kappa shape index (κ1) is 12.0. The summed E-state index contributed by atoms with van der Waals surface area (Å²) < 4.78 is 0. The molecule has 0 amide bonds. The van der Waals surface area contributed by atoms with Crippen molar-refractivity contribution in [3.05, 3.63) is 0 Å². The molecule has 2 unspecified atom stereocenters. The van der Waals surface area contributed by atoms with Crippen LogP contribution in [-0.4, -0.2) is 37.6 Å². The van der Waals surface area contributed by atoms with Gasteiger partial charge in [-0.2, -0.15) is 0 Å². The third kappa shape index (κ3) is 4.97. The van der Waals surface area contributed by atoms with Crippen LogP contribution >= 0.6 is 0 Å². The lowest BCUT2D eigenvalue weighted by atomic mass is 10.3. The first-order chi connectivity index (χ1) is 6.59. The molecule has 0 aromatic carbocycles. The molecule has 14 heavy (non-hydrogen) atoms. The van der Waals surface area contributed by atoms with E-state index in [1.165, 1.54) is 25.9 Å². The minimum absolute atomic E-state index is 0.628. The van der Waals surface area contributed by atoms with Gasteiger partial charge in [0.2, 0.25) is 0 Å². The van der Waals surface area contributed by atoms with Crippen LogP contribution in [0.25, 0.3) is 0 Å². The molecule has 0 bridgehead atoms. The summed E-state index contributed by atoms with van der Waals surface area (Å²) in [7, 11) is 2.25. The molecule has 0 radical (unpaired) electrons. The monoisotopic (exact) mass is 198 g/mol. The van der Waals surface area contributed by atoms with Gasteiger partial charge in [0.25, 0.3) is 0 Å². The molecule has 0 spiro atoms. The highest BCUT2D eigenvalue weighted by atomic mass is 15.1. The first-order valence-electron chi connectivity index (χ1n) is 6.01. The molecule has 1 fully saturated rings. The first-order valence-corrected chi connectivity index (χ1v) is 6.01. The Kier molecular flexibility index (Phi) is 4.90. The summed E-state index contributed by atoms with van der Waals surface area (Å²) in [6, 6.07) is 0.628. The molecule has 1 N–H and O–H groups in total. The fraction of sp³-hybridized carbons (Fsp3) is 1.00. The minimum Gasteiger partial charge on any atom is -0.314 e. The Morgan fingerprint density at radius 1 is 1.43 bits per heavy atom. The molecule has 2 heteroatoms. The molecule has 84 valence electrons. The average molecular weight is 198 g/mol. The number of nitrogens with zero attached hydrogens (tertiary/aromatic N) is 1. The zero-order valence-corrected chi connectivity index (χ0v) is 10.2. The molecule has 0 heterocycles. The van der Waals surface area contributed by atoms with Crippen LogP contribution in [0.3, 0.4) is 0 Å². The highest BCUT2D eigenvalue weighted by Gasteiger charge is 2.32. The van der Waals surface area contributed by atoms with E-state index in [-0.39, 0.29) is 0 Å². The van der Waals surface area contributed by atoms with Gasteiger partial charge in [-0.15, -0.1) is 0 Å². The maximum Gasteiger partial charge on any atom is 0.00103 e. The van der Waals surface area contributed by atoms with Crippen molar-refractivity contribution >= 4 is 0 Å². The highest BCUT2D eigenvalue weighted by molar-refractivity contribution is 4.84. The van der Waals surface area contributed by atoms with Crippen LogP contribution in [0, 0.1) is 11.8 Å². The van der Waals surface area contributed by atoms with Crippen LogP contribution in [-0.2, 0) is 0 Å². The maximum atomic E-state index is 3.45. The summed E-state index contributed by atoms with van der Waals surface area (Å²) in [6.45, 7) is 10.5. The molecule has 1 rings (SSSR count). The molecule has 0 aromatic rings. The lowest BCUT2D eigenvalue weighted by Gasteiger charge is -2.17. The van der Waals surface area contributed by atoms with Crippen molar-refractivity contribution in [2.75, 3.05) is 26.7 Å². The number of nitrogens with one attached hydrogen (secondary N) is 1. The Bertz CT molecular complexity index is 156. The average Bonchev–Trinajstić information content (AvgIpc) is 2.75. The van der Waals surface area contributed by atoms with Gasteiger partial charge >= 0.3 is 0 Å². The van der Waals surface area contributed by atoms with Crippen molar-refractivity contribution in [1.82, 2.24) is 10.2 Å². The van der Waals surface area contributed by atoms with Gasteiger partial charge < -0.3 is 10.2 Å². The lowest BCUT2D eigenvalue weighted by Crippen LogP contribution is -2.28. The van der Waals surface area contributed by atoms with Crippen LogP contribution in [0.15, 0.2) is 0 Å². The third-order valence-electron chi connectivity index (χ3n) is 3.09. The van der Waals surface area contributed by atoms with Crippen molar-refractivity contribution in [2.45, 2.75) is 39.7 Å². The van der Waals surface area contributed by atoms with Gasteiger partial charge in [-0.3, -0.25) is 0 Å². The van der Waals surface area contributed by atoms with E-state index in [2.05, 4.69) is 38.0 Å². The molecule has 2 atom stereocenters. The largest absolute Gasteiger partial charge is 0.314 e.